The van der Waals surface area contributed by atoms with Crippen molar-refractivity contribution in [3.63, 3.8) is 0 Å². The third-order valence-corrected chi connectivity index (χ3v) is 9.63. The van der Waals surface area contributed by atoms with Crippen LogP contribution in [0, 0.1) is 0 Å². The minimum Gasteiger partial charge on any atom is -0.309 e. The van der Waals surface area contributed by atoms with E-state index in [0.29, 0.717) is 0 Å². The van der Waals surface area contributed by atoms with Crippen molar-refractivity contribution in [3.8, 4) is 22.5 Å². The van der Waals surface area contributed by atoms with Gasteiger partial charge in [-0.15, -0.1) is 0 Å². The van der Waals surface area contributed by atoms with Gasteiger partial charge in [0, 0.05) is 32.9 Å². The molecule has 2 nitrogen and oxygen atoms in total. The summed E-state index contributed by atoms with van der Waals surface area (Å²) in [6.07, 6.45) is 0. The van der Waals surface area contributed by atoms with E-state index in [-0.39, 0.29) is 0 Å². The van der Waals surface area contributed by atoms with Crippen LogP contribution in [0.25, 0.3) is 87.7 Å². The fourth-order valence-electron chi connectivity index (χ4n) is 7.49. The van der Waals surface area contributed by atoms with E-state index in [0.717, 1.165) is 11.4 Å². The third-order valence-electron chi connectivity index (χ3n) is 9.63. The largest absolute Gasteiger partial charge is 0.309 e. The highest BCUT2D eigenvalue weighted by atomic mass is 15.0. The second kappa shape index (κ2) is 9.69. The number of hydrogen-bond donors (Lipinski definition) is 0. The molecule has 10 rings (SSSR count). The van der Waals surface area contributed by atoms with Crippen molar-refractivity contribution in [1.82, 2.24) is 9.13 Å². The highest BCUT2D eigenvalue weighted by Gasteiger charge is 2.19. The normalized spacial score (nSPS) is 11.9. The molecule has 46 heavy (non-hydrogen) atoms. The Morgan fingerprint density at radius 2 is 0.826 bits per heavy atom. The number of aromatic nitrogens is 2. The molecule has 0 bridgehead atoms. The van der Waals surface area contributed by atoms with Gasteiger partial charge in [-0.25, -0.2) is 0 Å². The van der Waals surface area contributed by atoms with E-state index < -0.39 is 0 Å². The van der Waals surface area contributed by atoms with E-state index >= 15 is 0 Å². The SMILES string of the molecule is c1ccc(-n2c3cc4ccccc4cc3c3cc4c5ccccc5n(-c5cccc(-c6ccc7ccccc7c6)c5)c4cc32)cc1. The molecule has 0 spiro atoms. The molecule has 10 aromatic rings. The van der Waals surface area contributed by atoms with Crippen molar-refractivity contribution in [2.24, 2.45) is 0 Å². The molecule has 214 valence electrons. The number of fused-ring (bicyclic) bond motifs is 8. The minimum atomic E-state index is 1.16. The van der Waals surface area contributed by atoms with Crippen molar-refractivity contribution in [3.05, 3.63) is 170 Å². The molecule has 0 saturated carbocycles. The Morgan fingerprint density at radius 3 is 1.65 bits per heavy atom. The Bertz CT molecular complexity index is 2800. The maximum absolute atomic E-state index is 2.44. The first-order chi connectivity index (χ1) is 22.8. The van der Waals surface area contributed by atoms with Crippen LogP contribution < -0.4 is 0 Å². The number of hydrogen-bond acceptors (Lipinski definition) is 0. The number of rotatable bonds is 3. The third kappa shape index (κ3) is 3.71. The first kappa shape index (κ1) is 25.2. The van der Waals surface area contributed by atoms with Crippen LogP contribution in [0.5, 0.6) is 0 Å². The molecule has 0 saturated heterocycles. The molecule has 0 unspecified atom stereocenters. The van der Waals surface area contributed by atoms with Crippen molar-refractivity contribution >= 4 is 65.2 Å². The first-order valence-corrected chi connectivity index (χ1v) is 15.9. The van der Waals surface area contributed by atoms with Gasteiger partial charge in [0.25, 0.3) is 0 Å². The van der Waals surface area contributed by atoms with Gasteiger partial charge in [-0.3, -0.25) is 0 Å². The van der Waals surface area contributed by atoms with Crippen molar-refractivity contribution in [2.75, 3.05) is 0 Å². The molecule has 8 aromatic carbocycles. The average Bonchev–Trinajstić information content (AvgIpc) is 3.61. The maximum atomic E-state index is 2.44. The van der Waals surface area contributed by atoms with Gasteiger partial charge in [0.05, 0.1) is 22.1 Å². The van der Waals surface area contributed by atoms with Gasteiger partial charge in [0.2, 0.25) is 0 Å². The van der Waals surface area contributed by atoms with Gasteiger partial charge in [0.1, 0.15) is 0 Å². The van der Waals surface area contributed by atoms with Crippen molar-refractivity contribution < 1.29 is 0 Å². The lowest BCUT2D eigenvalue weighted by Crippen LogP contribution is -1.96. The Morgan fingerprint density at radius 1 is 0.261 bits per heavy atom. The molecule has 2 heterocycles. The van der Waals surface area contributed by atoms with Crippen LogP contribution in [0.1, 0.15) is 0 Å². The molecule has 0 atom stereocenters. The zero-order chi connectivity index (χ0) is 30.2. The van der Waals surface area contributed by atoms with E-state index in [1.54, 1.807) is 0 Å². The lowest BCUT2D eigenvalue weighted by Gasteiger charge is -2.12. The zero-order valence-corrected chi connectivity index (χ0v) is 25.1. The maximum Gasteiger partial charge on any atom is 0.0562 e. The molecule has 0 fully saturated rings. The summed E-state index contributed by atoms with van der Waals surface area (Å²) < 4.78 is 4.88. The monoisotopic (exact) mass is 584 g/mol. The van der Waals surface area contributed by atoms with E-state index in [1.165, 1.54) is 76.3 Å². The van der Waals surface area contributed by atoms with Gasteiger partial charge in [0.15, 0.2) is 0 Å². The Hall–Kier alpha value is -6.12. The first-order valence-electron chi connectivity index (χ1n) is 15.9. The van der Waals surface area contributed by atoms with Crippen LogP contribution in [0.4, 0.5) is 0 Å². The fourth-order valence-corrected chi connectivity index (χ4v) is 7.49. The summed E-state index contributed by atoms with van der Waals surface area (Å²) >= 11 is 0. The van der Waals surface area contributed by atoms with Crippen LogP contribution in [-0.4, -0.2) is 9.13 Å². The second-order valence-corrected chi connectivity index (χ2v) is 12.2. The van der Waals surface area contributed by atoms with Crippen LogP contribution in [0.3, 0.4) is 0 Å². The molecule has 0 aliphatic heterocycles. The van der Waals surface area contributed by atoms with Crippen LogP contribution in [0.15, 0.2) is 170 Å². The number of para-hydroxylation sites is 2. The van der Waals surface area contributed by atoms with Gasteiger partial charge in [-0.1, -0.05) is 109 Å². The summed E-state index contributed by atoms with van der Waals surface area (Å²) in [5.41, 5.74) is 9.60. The zero-order valence-electron chi connectivity index (χ0n) is 25.1. The summed E-state index contributed by atoms with van der Waals surface area (Å²) in [5.74, 6) is 0. The van der Waals surface area contributed by atoms with Gasteiger partial charge < -0.3 is 9.13 Å². The molecule has 2 heteroatoms. The summed E-state index contributed by atoms with van der Waals surface area (Å²) in [4.78, 5) is 0. The van der Waals surface area contributed by atoms with E-state index in [2.05, 4.69) is 179 Å². The van der Waals surface area contributed by atoms with Crippen LogP contribution in [0.2, 0.25) is 0 Å². The Labute approximate surface area is 266 Å². The molecule has 0 aliphatic carbocycles. The molecular weight excluding hydrogens is 556 g/mol. The molecule has 2 aromatic heterocycles. The van der Waals surface area contributed by atoms with Crippen LogP contribution in [-0.2, 0) is 0 Å². The van der Waals surface area contributed by atoms with E-state index in [1.807, 2.05) is 0 Å². The quantitative estimate of drug-likeness (QED) is 0.195. The predicted molar refractivity (Wildman–Crippen MR) is 196 cm³/mol. The Balaban J connectivity index is 1.29. The van der Waals surface area contributed by atoms with Gasteiger partial charge in [-0.05, 0) is 93.3 Å². The van der Waals surface area contributed by atoms with E-state index in [9.17, 15) is 0 Å². The Kier molecular flexibility index (Phi) is 5.31. The smallest absolute Gasteiger partial charge is 0.0562 e. The standard InChI is InChI=1S/C44H28N2/c1-2-16-35(17-3-1)45-42-26-33-14-7-6-13-32(33)25-38(42)40-27-39-37-19-8-9-20-41(37)46(43(39)28-44(40)45)36-18-10-15-31(24-36)34-22-21-29-11-4-5-12-30(29)23-34/h1-28H. The average molecular weight is 585 g/mol. The summed E-state index contributed by atoms with van der Waals surface area (Å²) in [6.45, 7) is 0. The van der Waals surface area contributed by atoms with Gasteiger partial charge in [-0.2, -0.15) is 0 Å². The molecule has 0 radical (unpaired) electrons. The molecular formula is C44H28N2. The highest BCUT2D eigenvalue weighted by Crippen LogP contribution is 2.41. The minimum absolute atomic E-state index is 1.16. The lowest BCUT2D eigenvalue weighted by atomic mass is 10.0. The molecule has 0 amide bonds. The van der Waals surface area contributed by atoms with Crippen molar-refractivity contribution in [1.29, 1.82) is 0 Å². The van der Waals surface area contributed by atoms with Crippen LogP contribution >= 0.6 is 0 Å². The second-order valence-electron chi connectivity index (χ2n) is 12.2. The molecule has 0 N–H and O–H groups in total. The molecule has 0 aliphatic rings. The number of benzene rings is 8. The topological polar surface area (TPSA) is 9.86 Å². The lowest BCUT2D eigenvalue weighted by molar-refractivity contribution is 1.17. The van der Waals surface area contributed by atoms with E-state index in [4.69, 9.17) is 0 Å². The summed E-state index contributed by atoms with van der Waals surface area (Å²) in [7, 11) is 0. The number of nitrogens with zero attached hydrogens (tertiary/aromatic N) is 2. The summed E-state index contributed by atoms with van der Waals surface area (Å²) in [6, 6.07) is 62.1. The van der Waals surface area contributed by atoms with Crippen molar-refractivity contribution in [2.45, 2.75) is 0 Å². The van der Waals surface area contributed by atoms with Gasteiger partial charge >= 0.3 is 0 Å². The highest BCUT2D eigenvalue weighted by molar-refractivity contribution is 6.20. The summed E-state index contributed by atoms with van der Waals surface area (Å²) in [5, 5.41) is 10.1. The predicted octanol–water partition coefficient (Wildman–Crippen LogP) is 11.9. The fraction of sp³-hybridized carbons (Fsp3) is 0.